The van der Waals surface area contributed by atoms with Crippen LogP contribution in [-0.2, 0) is 4.79 Å². The van der Waals surface area contributed by atoms with Gasteiger partial charge in [-0.25, -0.2) is 4.79 Å². The molecule has 0 saturated carbocycles. The molecule has 3 heteroatoms. The van der Waals surface area contributed by atoms with Crippen LogP contribution in [0.2, 0.25) is 5.02 Å². The number of rotatable bonds is 2. The number of aliphatic carboxylic acids is 1. The number of hydrogen-bond donors (Lipinski definition) is 1. The van der Waals surface area contributed by atoms with Gasteiger partial charge in [-0.2, -0.15) is 0 Å². The summed E-state index contributed by atoms with van der Waals surface area (Å²) < 4.78 is 0. The fourth-order valence-corrected chi connectivity index (χ4v) is 1.05. The predicted molar refractivity (Wildman–Crippen MR) is 56.3 cm³/mol. The molecule has 1 rings (SSSR count). The van der Waals surface area contributed by atoms with Crippen molar-refractivity contribution >= 4 is 23.6 Å². The SMILES string of the molecule is CC(=C=Cc1cccc(Cl)c1)C(=O)O. The second-order valence-corrected chi connectivity index (χ2v) is 3.21. The Morgan fingerprint density at radius 1 is 1.57 bits per heavy atom. The Bertz CT molecular complexity index is 415. The van der Waals surface area contributed by atoms with Crippen molar-refractivity contribution in [1.82, 2.24) is 0 Å². The molecule has 0 fully saturated rings. The minimum Gasteiger partial charge on any atom is -0.477 e. The third-order valence-corrected chi connectivity index (χ3v) is 1.86. The van der Waals surface area contributed by atoms with Crippen molar-refractivity contribution in [1.29, 1.82) is 0 Å². The zero-order valence-electron chi connectivity index (χ0n) is 7.62. The lowest BCUT2D eigenvalue weighted by Crippen LogP contribution is -1.93. The monoisotopic (exact) mass is 208 g/mol. The molecule has 0 atom stereocenters. The van der Waals surface area contributed by atoms with Crippen LogP contribution in [0.5, 0.6) is 0 Å². The van der Waals surface area contributed by atoms with Crippen LogP contribution in [0, 0.1) is 0 Å². The normalized spacial score (nSPS) is 9.00. The number of hydrogen-bond acceptors (Lipinski definition) is 1. The van der Waals surface area contributed by atoms with Crippen LogP contribution < -0.4 is 0 Å². The standard InChI is InChI=1S/C11H9ClO2/c1-8(11(13)14)5-6-9-3-2-4-10(12)7-9/h2-4,6-7H,1H3,(H,13,14). The first-order valence-corrected chi connectivity index (χ1v) is 4.39. The highest BCUT2D eigenvalue weighted by atomic mass is 35.5. The van der Waals surface area contributed by atoms with Gasteiger partial charge in [0.1, 0.15) is 0 Å². The van der Waals surface area contributed by atoms with E-state index in [1.807, 2.05) is 6.07 Å². The summed E-state index contributed by atoms with van der Waals surface area (Å²) in [6.07, 6.45) is 1.59. The Morgan fingerprint density at radius 3 is 2.86 bits per heavy atom. The lowest BCUT2D eigenvalue weighted by atomic mass is 10.2. The van der Waals surface area contributed by atoms with Crippen molar-refractivity contribution in [3.8, 4) is 0 Å². The number of halogens is 1. The van der Waals surface area contributed by atoms with Gasteiger partial charge in [-0.05, 0) is 30.7 Å². The lowest BCUT2D eigenvalue weighted by molar-refractivity contribution is -0.132. The van der Waals surface area contributed by atoms with Gasteiger partial charge in [0.2, 0.25) is 0 Å². The smallest absolute Gasteiger partial charge is 0.339 e. The van der Waals surface area contributed by atoms with E-state index in [0.717, 1.165) is 5.56 Å². The van der Waals surface area contributed by atoms with Gasteiger partial charge < -0.3 is 5.11 Å². The van der Waals surface area contributed by atoms with Crippen LogP contribution >= 0.6 is 11.6 Å². The maximum absolute atomic E-state index is 10.4. The summed E-state index contributed by atoms with van der Waals surface area (Å²) in [6.45, 7) is 1.49. The van der Waals surface area contributed by atoms with Crippen LogP contribution in [-0.4, -0.2) is 11.1 Å². The number of benzene rings is 1. The van der Waals surface area contributed by atoms with Crippen molar-refractivity contribution in [3.05, 3.63) is 46.2 Å². The molecule has 0 aliphatic rings. The molecule has 0 aliphatic carbocycles. The van der Waals surface area contributed by atoms with Gasteiger partial charge in [0.05, 0.1) is 5.57 Å². The second-order valence-electron chi connectivity index (χ2n) is 2.77. The largest absolute Gasteiger partial charge is 0.477 e. The molecule has 0 spiro atoms. The Balaban J connectivity index is 2.99. The molecule has 1 N–H and O–H groups in total. The van der Waals surface area contributed by atoms with Gasteiger partial charge in [0, 0.05) is 5.02 Å². The van der Waals surface area contributed by atoms with Gasteiger partial charge in [0.25, 0.3) is 0 Å². The predicted octanol–water partition coefficient (Wildman–Crippen LogP) is 2.98. The fraction of sp³-hybridized carbons (Fsp3) is 0.0909. The van der Waals surface area contributed by atoms with Crippen LogP contribution in [0.15, 0.2) is 35.6 Å². The molecule has 72 valence electrons. The van der Waals surface area contributed by atoms with Crippen molar-refractivity contribution < 1.29 is 9.90 Å². The first-order chi connectivity index (χ1) is 6.59. The zero-order chi connectivity index (χ0) is 10.6. The average Bonchev–Trinajstić information content (AvgIpc) is 2.14. The van der Waals surface area contributed by atoms with Gasteiger partial charge >= 0.3 is 5.97 Å². The number of carboxylic acid groups (broad SMARTS) is 1. The average molecular weight is 209 g/mol. The van der Waals surface area contributed by atoms with Gasteiger partial charge in [-0.1, -0.05) is 23.7 Å². The van der Waals surface area contributed by atoms with Gasteiger partial charge in [-0.15, -0.1) is 5.73 Å². The van der Waals surface area contributed by atoms with Crippen molar-refractivity contribution in [2.24, 2.45) is 0 Å². The van der Waals surface area contributed by atoms with Gasteiger partial charge in [-0.3, -0.25) is 0 Å². The van der Waals surface area contributed by atoms with E-state index < -0.39 is 5.97 Å². The molecule has 0 aromatic heterocycles. The van der Waals surface area contributed by atoms with E-state index in [2.05, 4.69) is 5.73 Å². The molecular formula is C11H9ClO2. The maximum atomic E-state index is 10.4. The molecule has 0 saturated heterocycles. The minimum absolute atomic E-state index is 0.171. The number of carboxylic acids is 1. The highest BCUT2D eigenvalue weighted by Gasteiger charge is 1.95. The van der Waals surface area contributed by atoms with Crippen LogP contribution in [0.25, 0.3) is 6.08 Å². The summed E-state index contributed by atoms with van der Waals surface area (Å²) in [4.78, 5) is 10.4. The molecule has 0 unspecified atom stereocenters. The van der Waals surface area contributed by atoms with Crippen LogP contribution in [0.1, 0.15) is 12.5 Å². The molecular weight excluding hydrogens is 200 g/mol. The molecule has 0 aliphatic heterocycles. The third kappa shape index (κ3) is 3.09. The quantitative estimate of drug-likeness (QED) is 0.599. The van der Waals surface area contributed by atoms with Crippen LogP contribution in [0.4, 0.5) is 0 Å². The van der Waals surface area contributed by atoms with Crippen molar-refractivity contribution in [2.45, 2.75) is 6.92 Å². The summed E-state index contributed by atoms with van der Waals surface area (Å²) in [5.41, 5.74) is 3.66. The molecule has 0 radical (unpaired) electrons. The summed E-state index contributed by atoms with van der Waals surface area (Å²) in [5, 5.41) is 9.19. The van der Waals surface area contributed by atoms with E-state index in [9.17, 15) is 4.79 Å². The molecule has 0 bridgehead atoms. The molecule has 1 aromatic carbocycles. The molecule has 1 aromatic rings. The topological polar surface area (TPSA) is 37.3 Å². The maximum Gasteiger partial charge on any atom is 0.339 e. The number of carbonyl (C=O) groups is 1. The lowest BCUT2D eigenvalue weighted by Gasteiger charge is -1.91. The summed E-state index contributed by atoms with van der Waals surface area (Å²) in [5.74, 6) is -0.969. The Labute approximate surface area is 87.1 Å². The Morgan fingerprint density at radius 2 is 2.29 bits per heavy atom. The third-order valence-electron chi connectivity index (χ3n) is 1.62. The first-order valence-electron chi connectivity index (χ1n) is 4.02. The van der Waals surface area contributed by atoms with E-state index >= 15 is 0 Å². The molecule has 0 amide bonds. The first kappa shape index (κ1) is 10.6. The van der Waals surface area contributed by atoms with Crippen molar-refractivity contribution in [2.75, 3.05) is 0 Å². The zero-order valence-corrected chi connectivity index (χ0v) is 8.38. The highest BCUT2D eigenvalue weighted by Crippen LogP contribution is 2.11. The van der Waals surface area contributed by atoms with E-state index in [1.165, 1.54) is 6.92 Å². The van der Waals surface area contributed by atoms with Gasteiger partial charge in [0.15, 0.2) is 0 Å². The second kappa shape index (κ2) is 4.66. The Hall–Kier alpha value is -1.50. The molecule has 2 nitrogen and oxygen atoms in total. The van der Waals surface area contributed by atoms with E-state index in [4.69, 9.17) is 16.7 Å². The summed E-state index contributed by atoms with van der Waals surface area (Å²) in [6, 6.07) is 7.12. The molecule has 0 heterocycles. The summed E-state index contributed by atoms with van der Waals surface area (Å²) in [7, 11) is 0. The fourth-order valence-electron chi connectivity index (χ4n) is 0.850. The van der Waals surface area contributed by atoms with E-state index in [0.29, 0.717) is 5.02 Å². The minimum atomic E-state index is -0.969. The van der Waals surface area contributed by atoms with Crippen LogP contribution in [0.3, 0.4) is 0 Å². The summed E-state index contributed by atoms with van der Waals surface area (Å²) >= 11 is 5.75. The molecule has 14 heavy (non-hydrogen) atoms. The highest BCUT2D eigenvalue weighted by molar-refractivity contribution is 6.30. The van der Waals surface area contributed by atoms with E-state index in [1.54, 1.807) is 24.3 Å². The Kier molecular flexibility index (Phi) is 3.52. The van der Waals surface area contributed by atoms with E-state index in [-0.39, 0.29) is 5.57 Å². The van der Waals surface area contributed by atoms with Crippen molar-refractivity contribution in [3.63, 3.8) is 0 Å².